The minimum absolute atomic E-state index is 0.116. The summed E-state index contributed by atoms with van der Waals surface area (Å²) in [7, 11) is 0. The molecular weight excluding hydrogens is 162 g/mol. The lowest BCUT2D eigenvalue weighted by molar-refractivity contribution is 0.491. The van der Waals surface area contributed by atoms with Crippen molar-refractivity contribution in [1.29, 1.82) is 0 Å². The van der Waals surface area contributed by atoms with E-state index in [2.05, 4.69) is 4.98 Å². The molecule has 0 amide bonds. The van der Waals surface area contributed by atoms with E-state index >= 15 is 0 Å². The zero-order valence-electron chi connectivity index (χ0n) is 5.48. The molecule has 0 saturated heterocycles. The van der Waals surface area contributed by atoms with Crippen LogP contribution in [0.5, 0.6) is 10.1 Å². The molecule has 0 unspecified atom stereocenters. The van der Waals surface area contributed by atoms with Crippen molar-refractivity contribution < 1.29 is 10.2 Å². The van der Waals surface area contributed by atoms with Gasteiger partial charge in [0.25, 0.3) is 0 Å². The second-order valence-corrected chi connectivity index (χ2v) is 3.11. The topological polar surface area (TPSA) is 53.4 Å². The van der Waals surface area contributed by atoms with E-state index in [4.69, 9.17) is 0 Å². The van der Waals surface area contributed by atoms with Crippen LogP contribution in [0.3, 0.4) is 0 Å². The molecule has 0 aliphatic carbocycles. The fourth-order valence-electron chi connectivity index (χ4n) is 0.953. The molecule has 0 spiro atoms. The van der Waals surface area contributed by atoms with Gasteiger partial charge >= 0.3 is 0 Å². The summed E-state index contributed by atoms with van der Waals surface area (Å²) in [6.45, 7) is 0. The molecule has 0 aromatic carbocycles. The predicted octanol–water partition coefficient (Wildman–Crippen LogP) is 1.71. The first-order valence-corrected chi connectivity index (χ1v) is 3.85. The van der Waals surface area contributed by atoms with Crippen molar-refractivity contribution in [1.82, 2.24) is 4.98 Å². The van der Waals surface area contributed by atoms with E-state index in [1.165, 1.54) is 6.20 Å². The summed E-state index contributed by atoms with van der Waals surface area (Å²) in [6, 6.07) is 1.67. The molecule has 2 aromatic heterocycles. The van der Waals surface area contributed by atoms with Gasteiger partial charge in [-0.25, -0.2) is 0 Å². The van der Waals surface area contributed by atoms with E-state index in [-0.39, 0.29) is 10.1 Å². The Kier molecular flexibility index (Phi) is 1.22. The van der Waals surface area contributed by atoms with Crippen molar-refractivity contribution in [2.75, 3.05) is 0 Å². The van der Waals surface area contributed by atoms with Crippen LogP contribution in [-0.2, 0) is 0 Å². The average molecular weight is 167 g/mol. The van der Waals surface area contributed by atoms with Crippen LogP contribution in [0.2, 0.25) is 0 Å². The standard InChI is InChI=1S/C7H5NO2S/c9-6-4-1-2-8-3-5(4)7(10)11-6/h1-3,9-10H. The van der Waals surface area contributed by atoms with Gasteiger partial charge in [0.1, 0.15) is 0 Å². The maximum atomic E-state index is 9.22. The first-order valence-electron chi connectivity index (χ1n) is 3.03. The molecule has 2 aromatic rings. The second-order valence-electron chi connectivity index (χ2n) is 2.13. The van der Waals surface area contributed by atoms with Crippen LogP contribution >= 0.6 is 11.3 Å². The molecule has 2 N–H and O–H groups in total. The normalized spacial score (nSPS) is 10.5. The van der Waals surface area contributed by atoms with Gasteiger partial charge < -0.3 is 10.2 Å². The molecule has 0 atom stereocenters. The lowest BCUT2D eigenvalue weighted by Crippen LogP contribution is -1.67. The van der Waals surface area contributed by atoms with Gasteiger partial charge in [-0.2, -0.15) is 0 Å². The molecule has 56 valence electrons. The van der Waals surface area contributed by atoms with E-state index < -0.39 is 0 Å². The summed E-state index contributed by atoms with van der Waals surface area (Å²) in [6.07, 6.45) is 3.11. The highest BCUT2D eigenvalue weighted by Crippen LogP contribution is 2.40. The number of hydrogen-bond acceptors (Lipinski definition) is 4. The number of aromatic nitrogens is 1. The lowest BCUT2D eigenvalue weighted by atomic mass is 10.3. The molecule has 3 nitrogen and oxygen atoms in total. The summed E-state index contributed by atoms with van der Waals surface area (Å²) in [5, 5.41) is 20.0. The Morgan fingerprint density at radius 3 is 2.64 bits per heavy atom. The molecule has 0 radical (unpaired) electrons. The third kappa shape index (κ3) is 0.832. The van der Waals surface area contributed by atoms with Crippen molar-refractivity contribution in [2.45, 2.75) is 0 Å². The first-order chi connectivity index (χ1) is 5.29. The quantitative estimate of drug-likeness (QED) is 0.628. The Bertz CT molecular complexity index is 360. The number of hydrogen-bond donors (Lipinski definition) is 2. The zero-order chi connectivity index (χ0) is 7.84. The van der Waals surface area contributed by atoms with Crippen LogP contribution in [0.4, 0.5) is 0 Å². The second kappa shape index (κ2) is 2.10. The third-order valence-corrected chi connectivity index (χ3v) is 2.30. The maximum Gasteiger partial charge on any atom is 0.184 e. The van der Waals surface area contributed by atoms with E-state index in [0.717, 1.165) is 11.3 Å². The molecule has 2 rings (SSSR count). The van der Waals surface area contributed by atoms with Gasteiger partial charge in [0.2, 0.25) is 0 Å². The molecule has 0 aliphatic rings. The molecule has 11 heavy (non-hydrogen) atoms. The monoisotopic (exact) mass is 167 g/mol. The fraction of sp³-hybridized carbons (Fsp3) is 0. The number of aromatic hydroxyl groups is 2. The van der Waals surface area contributed by atoms with Gasteiger partial charge in [-0.05, 0) is 6.07 Å². The maximum absolute atomic E-state index is 9.22. The number of rotatable bonds is 0. The van der Waals surface area contributed by atoms with Gasteiger partial charge in [-0.3, -0.25) is 4.98 Å². The number of pyridine rings is 1. The molecule has 0 saturated carbocycles. The van der Waals surface area contributed by atoms with E-state index in [9.17, 15) is 10.2 Å². The van der Waals surface area contributed by atoms with Crippen molar-refractivity contribution in [3.63, 3.8) is 0 Å². The Morgan fingerprint density at radius 2 is 1.91 bits per heavy atom. The van der Waals surface area contributed by atoms with Gasteiger partial charge in [0.05, 0.1) is 5.39 Å². The molecule has 0 aliphatic heterocycles. The fourth-order valence-corrected chi connectivity index (χ4v) is 1.70. The highest BCUT2D eigenvalue weighted by molar-refractivity contribution is 7.17. The summed E-state index contributed by atoms with van der Waals surface area (Å²) in [5.74, 6) is 0. The van der Waals surface area contributed by atoms with Crippen molar-refractivity contribution in [3.8, 4) is 10.1 Å². The smallest absolute Gasteiger partial charge is 0.184 e. The molecule has 0 fully saturated rings. The third-order valence-electron chi connectivity index (χ3n) is 1.48. The molecule has 0 bridgehead atoms. The van der Waals surface area contributed by atoms with Crippen LogP contribution in [0.15, 0.2) is 18.5 Å². The summed E-state index contributed by atoms with van der Waals surface area (Å²) < 4.78 is 0. The van der Waals surface area contributed by atoms with Gasteiger partial charge in [0, 0.05) is 17.8 Å². The van der Waals surface area contributed by atoms with E-state index in [1.807, 2.05) is 0 Å². The lowest BCUT2D eigenvalue weighted by Gasteiger charge is -1.86. The Hall–Kier alpha value is -1.29. The summed E-state index contributed by atoms with van der Waals surface area (Å²) in [4.78, 5) is 3.82. The minimum atomic E-state index is 0.116. The van der Waals surface area contributed by atoms with Crippen LogP contribution < -0.4 is 0 Å². The summed E-state index contributed by atoms with van der Waals surface area (Å²) in [5.41, 5.74) is 0. The molecule has 2 heterocycles. The highest BCUT2D eigenvalue weighted by Gasteiger charge is 2.07. The molecule has 4 heteroatoms. The van der Waals surface area contributed by atoms with Gasteiger partial charge in [0.15, 0.2) is 10.1 Å². The highest BCUT2D eigenvalue weighted by atomic mass is 32.1. The number of thiophene rings is 1. The SMILES string of the molecule is Oc1sc(O)c2cnccc12. The number of nitrogens with zero attached hydrogens (tertiary/aromatic N) is 1. The van der Waals surface area contributed by atoms with Crippen LogP contribution in [0.25, 0.3) is 10.8 Å². The van der Waals surface area contributed by atoms with Crippen molar-refractivity contribution >= 4 is 22.1 Å². The molecular formula is C7H5NO2S. The zero-order valence-corrected chi connectivity index (χ0v) is 6.30. The van der Waals surface area contributed by atoms with Crippen molar-refractivity contribution in [2.24, 2.45) is 0 Å². The first kappa shape index (κ1) is 6.42. The van der Waals surface area contributed by atoms with Gasteiger partial charge in [-0.1, -0.05) is 11.3 Å². The van der Waals surface area contributed by atoms with Crippen LogP contribution in [0, 0.1) is 0 Å². The van der Waals surface area contributed by atoms with Crippen LogP contribution in [-0.4, -0.2) is 15.2 Å². The Morgan fingerprint density at radius 1 is 1.18 bits per heavy atom. The Balaban J connectivity index is 2.95. The van der Waals surface area contributed by atoms with E-state index in [0.29, 0.717) is 10.8 Å². The Labute approximate surface area is 66.6 Å². The number of fused-ring (bicyclic) bond motifs is 1. The van der Waals surface area contributed by atoms with E-state index in [1.54, 1.807) is 12.3 Å². The summed E-state index contributed by atoms with van der Waals surface area (Å²) >= 11 is 0.954. The predicted molar refractivity (Wildman–Crippen MR) is 42.9 cm³/mol. The minimum Gasteiger partial charge on any atom is -0.499 e. The van der Waals surface area contributed by atoms with Crippen LogP contribution in [0.1, 0.15) is 0 Å². The van der Waals surface area contributed by atoms with Crippen molar-refractivity contribution in [3.05, 3.63) is 18.5 Å². The van der Waals surface area contributed by atoms with Gasteiger partial charge in [-0.15, -0.1) is 0 Å². The average Bonchev–Trinajstić information content (AvgIpc) is 2.30. The largest absolute Gasteiger partial charge is 0.499 e.